The summed E-state index contributed by atoms with van der Waals surface area (Å²) in [4.78, 5) is 13.6. The molecule has 4 heteroatoms. The van der Waals surface area contributed by atoms with Gasteiger partial charge in [0, 0.05) is 19.0 Å². The lowest BCUT2D eigenvalue weighted by molar-refractivity contribution is -0.136. The zero-order valence-electron chi connectivity index (χ0n) is 9.06. The first-order valence-corrected chi connectivity index (χ1v) is 5.91. The average Bonchev–Trinajstić information content (AvgIpc) is 2.60. The Labute approximate surface area is 90.4 Å². The van der Waals surface area contributed by atoms with Gasteiger partial charge in [-0.1, -0.05) is 6.42 Å². The number of hydrogen-bond acceptors (Lipinski definition) is 3. The van der Waals surface area contributed by atoms with Crippen LogP contribution in [0, 0.1) is 5.92 Å². The molecule has 0 aromatic heterocycles. The summed E-state index contributed by atoms with van der Waals surface area (Å²) in [5.74, 6) is 0.347. The largest absolute Gasteiger partial charge is 0.393 e. The molecule has 2 fully saturated rings. The van der Waals surface area contributed by atoms with E-state index in [2.05, 4.69) is 0 Å². The minimum Gasteiger partial charge on any atom is -0.393 e. The minimum absolute atomic E-state index is 0.0698. The highest BCUT2D eigenvalue weighted by Gasteiger charge is 2.31. The van der Waals surface area contributed by atoms with Gasteiger partial charge in [-0.05, 0) is 25.7 Å². The van der Waals surface area contributed by atoms with Gasteiger partial charge in [0.05, 0.1) is 12.1 Å². The van der Waals surface area contributed by atoms with Gasteiger partial charge in [-0.2, -0.15) is 0 Å². The van der Waals surface area contributed by atoms with E-state index in [0.717, 1.165) is 38.6 Å². The van der Waals surface area contributed by atoms with E-state index in [9.17, 15) is 9.90 Å². The number of nitrogens with two attached hydrogens (primary N) is 1. The van der Waals surface area contributed by atoms with E-state index in [1.807, 2.05) is 4.90 Å². The van der Waals surface area contributed by atoms with Crippen LogP contribution in [-0.4, -0.2) is 41.1 Å². The van der Waals surface area contributed by atoms with Crippen LogP contribution in [0.1, 0.15) is 32.1 Å². The van der Waals surface area contributed by atoms with Gasteiger partial charge < -0.3 is 15.7 Å². The highest BCUT2D eigenvalue weighted by Crippen LogP contribution is 2.27. The lowest BCUT2D eigenvalue weighted by Gasteiger charge is -2.33. The van der Waals surface area contributed by atoms with Gasteiger partial charge in [0.2, 0.25) is 5.91 Å². The summed E-state index contributed by atoms with van der Waals surface area (Å²) in [6.45, 7) is 1.52. The Morgan fingerprint density at radius 1 is 1.33 bits per heavy atom. The van der Waals surface area contributed by atoms with E-state index < -0.39 is 0 Å². The van der Waals surface area contributed by atoms with Crippen LogP contribution < -0.4 is 5.73 Å². The zero-order chi connectivity index (χ0) is 10.8. The third-order valence-corrected chi connectivity index (χ3v) is 3.65. The van der Waals surface area contributed by atoms with Gasteiger partial charge in [0.1, 0.15) is 0 Å². The number of likely N-dealkylation sites (tertiary alicyclic amines) is 1. The molecular formula is C11H20N2O2. The number of aliphatic hydroxyl groups is 1. The fourth-order valence-corrected chi connectivity index (χ4v) is 2.66. The molecule has 1 amide bonds. The summed E-state index contributed by atoms with van der Waals surface area (Å²) in [5, 5.41) is 9.70. The van der Waals surface area contributed by atoms with E-state index in [-0.39, 0.29) is 24.0 Å². The first-order valence-electron chi connectivity index (χ1n) is 5.91. The summed E-state index contributed by atoms with van der Waals surface area (Å²) in [5.41, 5.74) is 5.72. The number of rotatable bonds is 2. The van der Waals surface area contributed by atoms with Crippen molar-refractivity contribution in [1.29, 1.82) is 0 Å². The van der Waals surface area contributed by atoms with Crippen LogP contribution >= 0.6 is 0 Å². The number of amides is 1. The van der Waals surface area contributed by atoms with Crippen molar-refractivity contribution >= 4 is 5.91 Å². The van der Waals surface area contributed by atoms with Crippen LogP contribution in [-0.2, 0) is 4.79 Å². The standard InChI is InChI=1S/C11H20N2O2/c12-9-4-2-6-13(11(9)15)7-8-3-1-5-10(8)14/h8-10,14H,1-7,12H2. The Balaban J connectivity index is 1.90. The normalized spacial score (nSPS) is 37.3. The Hall–Kier alpha value is -0.610. The van der Waals surface area contributed by atoms with E-state index in [4.69, 9.17) is 5.73 Å². The molecule has 3 unspecified atom stereocenters. The van der Waals surface area contributed by atoms with E-state index in [1.165, 1.54) is 0 Å². The molecular weight excluding hydrogens is 192 g/mol. The van der Waals surface area contributed by atoms with E-state index in [0.29, 0.717) is 6.54 Å². The molecule has 0 aromatic rings. The Bertz CT molecular complexity index is 245. The topological polar surface area (TPSA) is 66.6 Å². The van der Waals surface area contributed by atoms with Crippen LogP contribution in [0.5, 0.6) is 0 Å². The van der Waals surface area contributed by atoms with Gasteiger partial charge >= 0.3 is 0 Å². The van der Waals surface area contributed by atoms with Crippen LogP contribution in [0.2, 0.25) is 0 Å². The molecule has 3 atom stereocenters. The summed E-state index contributed by atoms with van der Waals surface area (Å²) >= 11 is 0. The third-order valence-electron chi connectivity index (χ3n) is 3.65. The number of piperidine rings is 1. The SMILES string of the molecule is NC1CCCN(CC2CCCC2O)C1=O. The Kier molecular flexibility index (Phi) is 3.26. The Morgan fingerprint density at radius 3 is 2.80 bits per heavy atom. The maximum atomic E-state index is 11.7. The van der Waals surface area contributed by atoms with Crippen LogP contribution in [0.4, 0.5) is 0 Å². The van der Waals surface area contributed by atoms with Crippen molar-refractivity contribution in [3.05, 3.63) is 0 Å². The molecule has 86 valence electrons. The van der Waals surface area contributed by atoms with Crippen LogP contribution in [0.15, 0.2) is 0 Å². The molecule has 0 spiro atoms. The minimum atomic E-state index is -0.308. The van der Waals surface area contributed by atoms with Gasteiger partial charge in [-0.25, -0.2) is 0 Å². The van der Waals surface area contributed by atoms with Crippen molar-refractivity contribution in [3.63, 3.8) is 0 Å². The van der Waals surface area contributed by atoms with E-state index >= 15 is 0 Å². The monoisotopic (exact) mass is 212 g/mol. The number of carbonyl (C=O) groups is 1. The number of aliphatic hydroxyl groups excluding tert-OH is 1. The molecule has 4 nitrogen and oxygen atoms in total. The molecule has 15 heavy (non-hydrogen) atoms. The average molecular weight is 212 g/mol. The predicted octanol–water partition coefficient (Wildman–Crippen LogP) is 0.0971. The fourth-order valence-electron chi connectivity index (χ4n) is 2.66. The predicted molar refractivity (Wildman–Crippen MR) is 57.1 cm³/mol. The molecule has 1 saturated heterocycles. The Morgan fingerprint density at radius 2 is 2.13 bits per heavy atom. The molecule has 0 radical (unpaired) electrons. The molecule has 2 aliphatic rings. The smallest absolute Gasteiger partial charge is 0.239 e. The summed E-state index contributed by atoms with van der Waals surface area (Å²) in [7, 11) is 0. The van der Waals surface area contributed by atoms with Crippen molar-refractivity contribution in [1.82, 2.24) is 4.90 Å². The summed E-state index contributed by atoms with van der Waals surface area (Å²) in [6, 6.07) is -0.308. The fraction of sp³-hybridized carbons (Fsp3) is 0.909. The lowest BCUT2D eigenvalue weighted by Crippen LogP contribution is -2.50. The molecule has 2 rings (SSSR count). The molecule has 0 aromatic carbocycles. The van der Waals surface area contributed by atoms with Gasteiger partial charge in [-0.3, -0.25) is 4.79 Å². The first kappa shape index (κ1) is 10.9. The second kappa shape index (κ2) is 4.49. The van der Waals surface area contributed by atoms with Crippen molar-refractivity contribution in [2.24, 2.45) is 11.7 Å². The molecule has 1 aliphatic heterocycles. The van der Waals surface area contributed by atoms with Crippen LogP contribution in [0.25, 0.3) is 0 Å². The lowest BCUT2D eigenvalue weighted by atomic mass is 10.0. The number of carbonyl (C=O) groups excluding carboxylic acids is 1. The first-order chi connectivity index (χ1) is 7.18. The van der Waals surface area contributed by atoms with Gasteiger partial charge in [0.25, 0.3) is 0 Å². The summed E-state index contributed by atoms with van der Waals surface area (Å²) < 4.78 is 0. The molecule has 1 heterocycles. The third kappa shape index (κ3) is 2.32. The molecule has 3 N–H and O–H groups in total. The zero-order valence-corrected chi connectivity index (χ0v) is 9.06. The van der Waals surface area contributed by atoms with Crippen LogP contribution in [0.3, 0.4) is 0 Å². The highest BCUT2D eigenvalue weighted by molar-refractivity contribution is 5.82. The van der Waals surface area contributed by atoms with Crippen molar-refractivity contribution in [2.75, 3.05) is 13.1 Å². The van der Waals surface area contributed by atoms with Gasteiger partial charge in [0.15, 0.2) is 0 Å². The second-order valence-corrected chi connectivity index (χ2v) is 4.79. The highest BCUT2D eigenvalue weighted by atomic mass is 16.3. The van der Waals surface area contributed by atoms with Crippen molar-refractivity contribution < 1.29 is 9.90 Å². The molecule has 1 aliphatic carbocycles. The quantitative estimate of drug-likeness (QED) is 0.682. The second-order valence-electron chi connectivity index (χ2n) is 4.79. The summed E-state index contributed by atoms with van der Waals surface area (Å²) in [6.07, 6.45) is 4.60. The molecule has 1 saturated carbocycles. The van der Waals surface area contributed by atoms with Gasteiger partial charge in [-0.15, -0.1) is 0 Å². The van der Waals surface area contributed by atoms with E-state index in [1.54, 1.807) is 0 Å². The maximum absolute atomic E-state index is 11.7. The molecule has 0 bridgehead atoms. The van der Waals surface area contributed by atoms with Crippen molar-refractivity contribution in [3.8, 4) is 0 Å². The number of nitrogens with zero attached hydrogens (tertiary/aromatic N) is 1. The van der Waals surface area contributed by atoms with Crippen molar-refractivity contribution in [2.45, 2.75) is 44.2 Å². The maximum Gasteiger partial charge on any atom is 0.239 e. The number of hydrogen-bond donors (Lipinski definition) is 2.